The van der Waals surface area contributed by atoms with Crippen LogP contribution >= 0.6 is 0 Å². The number of nitrogens with one attached hydrogen (secondary N) is 1. The SMILES string of the molecule is CC.COC(C)(C)C(C)(C)C.Cc1ccc(C(CO)NC(=O)OC(C)(C)C)cc1. The number of hydrogen-bond donors (Lipinski definition) is 2. The third-order valence-electron chi connectivity index (χ3n) is 4.67. The molecule has 1 unspecified atom stereocenters. The van der Waals surface area contributed by atoms with Crippen molar-refractivity contribution in [1.29, 1.82) is 0 Å². The summed E-state index contributed by atoms with van der Waals surface area (Å²) in [7, 11) is 1.76. The van der Waals surface area contributed by atoms with Gasteiger partial charge in [0.05, 0.1) is 18.2 Å². The lowest BCUT2D eigenvalue weighted by Gasteiger charge is -2.37. The van der Waals surface area contributed by atoms with Crippen LogP contribution in [0, 0.1) is 12.3 Å². The number of carbonyl (C=O) groups is 1. The van der Waals surface area contributed by atoms with Crippen molar-refractivity contribution in [2.75, 3.05) is 13.7 Å². The summed E-state index contributed by atoms with van der Waals surface area (Å²) in [6.45, 7) is 22.0. The lowest BCUT2D eigenvalue weighted by molar-refractivity contribution is -0.0620. The molecule has 0 spiro atoms. The number of alkyl carbamates (subject to hydrolysis) is 1. The second kappa shape index (κ2) is 12.9. The first-order valence-electron chi connectivity index (χ1n) is 10.3. The molecule has 0 aliphatic rings. The molecule has 0 aliphatic heterocycles. The van der Waals surface area contributed by atoms with Crippen LogP contribution in [0.15, 0.2) is 24.3 Å². The maximum Gasteiger partial charge on any atom is 0.408 e. The van der Waals surface area contributed by atoms with E-state index in [4.69, 9.17) is 9.47 Å². The summed E-state index contributed by atoms with van der Waals surface area (Å²) in [6, 6.07) is 7.20. The molecule has 0 bridgehead atoms. The third kappa shape index (κ3) is 12.6. The minimum Gasteiger partial charge on any atom is -0.444 e. The number of aliphatic hydroxyl groups is 1. The topological polar surface area (TPSA) is 67.8 Å². The first-order chi connectivity index (χ1) is 13.1. The van der Waals surface area contributed by atoms with Gasteiger partial charge in [-0.3, -0.25) is 0 Å². The predicted molar refractivity (Wildman–Crippen MR) is 122 cm³/mol. The normalized spacial score (nSPS) is 12.6. The molecule has 5 nitrogen and oxygen atoms in total. The highest BCUT2D eigenvalue weighted by atomic mass is 16.6. The Morgan fingerprint density at radius 1 is 1.00 bits per heavy atom. The molecule has 1 aromatic rings. The van der Waals surface area contributed by atoms with Crippen LogP contribution in [0.1, 0.15) is 86.4 Å². The number of aryl methyl sites for hydroxylation is 1. The predicted octanol–water partition coefficient (Wildman–Crippen LogP) is 6.04. The van der Waals surface area contributed by atoms with Crippen molar-refractivity contribution in [3.63, 3.8) is 0 Å². The fourth-order valence-corrected chi connectivity index (χ4v) is 1.79. The van der Waals surface area contributed by atoms with Gasteiger partial charge in [-0.25, -0.2) is 4.79 Å². The summed E-state index contributed by atoms with van der Waals surface area (Å²) in [5.74, 6) is 0. The molecule has 0 saturated heterocycles. The van der Waals surface area contributed by atoms with Crippen molar-refractivity contribution in [1.82, 2.24) is 5.32 Å². The first-order valence-corrected chi connectivity index (χ1v) is 10.3. The van der Waals surface area contributed by atoms with Crippen molar-refractivity contribution >= 4 is 6.09 Å². The number of rotatable bonds is 4. The molecule has 170 valence electrons. The number of aliphatic hydroxyl groups excluding tert-OH is 1. The molecular weight excluding hydrogens is 366 g/mol. The van der Waals surface area contributed by atoms with Gasteiger partial charge >= 0.3 is 6.09 Å². The monoisotopic (exact) mass is 411 g/mol. The minimum atomic E-state index is -0.544. The fraction of sp³-hybridized carbons (Fsp3) is 0.708. The lowest BCUT2D eigenvalue weighted by Crippen LogP contribution is -2.38. The van der Waals surface area contributed by atoms with Crippen LogP contribution in [-0.4, -0.2) is 36.1 Å². The molecule has 1 aromatic carbocycles. The van der Waals surface area contributed by atoms with E-state index in [0.29, 0.717) is 0 Å². The van der Waals surface area contributed by atoms with E-state index in [0.717, 1.165) is 11.1 Å². The van der Waals surface area contributed by atoms with Crippen LogP contribution in [0.2, 0.25) is 0 Å². The molecule has 5 heteroatoms. The van der Waals surface area contributed by atoms with Crippen molar-refractivity contribution in [2.45, 2.75) is 93.4 Å². The Kier molecular flexibility index (Phi) is 13.1. The quantitative estimate of drug-likeness (QED) is 0.634. The number of amides is 1. The summed E-state index contributed by atoms with van der Waals surface area (Å²) in [5.41, 5.74) is 1.65. The van der Waals surface area contributed by atoms with Crippen LogP contribution in [0.3, 0.4) is 0 Å². The van der Waals surface area contributed by atoms with E-state index in [1.807, 2.05) is 45.0 Å². The van der Waals surface area contributed by atoms with Gasteiger partial charge < -0.3 is 19.9 Å². The van der Waals surface area contributed by atoms with E-state index < -0.39 is 17.7 Å². The number of hydrogen-bond acceptors (Lipinski definition) is 4. The Labute approximate surface area is 179 Å². The standard InChI is InChI=1S/C14H21NO3.C8H18O.C2H6/c1-10-5-7-11(8-6-10)12(9-16)15-13(17)18-14(2,3)4;1-7(2,3)8(4,5)9-6;1-2/h5-8,12,16H,9H2,1-4H3,(H,15,17);1-6H3;1-2H3. The Morgan fingerprint density at radius 2 is 1.45 bits per heavy atom. The van der Waals surface area contributed by atoms with Crippen LogP contribution < -0.4 is 5.32 Å². The Balaban J connectivity index is 0. The zero-order valence-corrected chi connectivity index (χ0v) is 20.8. The number of carbonyl (C=O) groups excluding carboxylic acids is 1. The molecule has 0 fully saturated rings. The van der Waals surface area contributed by atoms with Gasteiger partial charge in [-0.05, 0) is 52.5 Å². The molecule has 0 heterocycles. The summed E-state index contributed by atoms with van der Waals surface area (Å²) in [4.78, 5) is 11.6. The molecule has 0 aromatic heterocycles. The highest BCUT2D eigenvalue weighted by Gasteiger charge is 2.32. The number of benzene rings is 1. The van der Waals surface area contributed by atoms with Gasteiger partial charge in [-0.1, -0.05) is 64.4 Å². The first kappa shape index (κ1) is 29.6. The van der Waals surface area contributed by atoms with Gasteiger partial charge in [0, 0.05) is 7.11 Å². The summed E-state index contributed by atoms with van der Waals surface area (Å²) >= 11 is 0. The zero-order valence-electron chi connectivity index (χ0n) is 20.8. The molecule has 1 atom stereocenters. The summed E-state index contributed by atoms with van der Waals surface area (Å²) < 4.78 is 10.5. The number of methoxy groups -OCH3 is 1. The van der Waals surface area contributed by atoms with E-state index in [1.54, 1.807) is 27.9 Å². The maximum atomic E-state index is 11.6. The van der Waals surface area contributed by atoms with Crippen LogP contribution in [0.25, 0.3) is 0 Å². The van der Waals surface area contributed by atoms with Gasteiger partial charge in [0.15, 0.2) is 0 Å². The van der Waals surface area contributed by atoms with Gasteiger partial charge in [0.25, 0.3) is 0 Å². The van der Waals surface area contributed by atoms with Gasteiger partial charge in [0.2, 0.25) is 0 Å². The third-order valence-corrected chi connectivity index (χ3v) is 4.67. The molecule has 0 saturated carbocycles. The highest BCUT2D eigenvalue weighted by molar-refractivity contribution is 5.68. The molecule has 29 heavy (non-hydrogen) atoms. The molecule has 0 radical (unpaired) electrons. The van der Waals surface area contributed by atoms with E-state index in [2.05, 4.69) is 39.9 Å². The molecule has 0 aliphatic carbocycles. The molecule has 1 rings (SSSR count). The van der Waals surface area contributed by atoms with Crippen LogP contribution in [-0.2, 0) is 9.47 Å². The van der Waals surface area contributed by atoms with Crippen molar-refractivity contribution in [3.05, 3.63) is 35.4 Å². The van der Waals surface area contributed by atoms with Gasteiger partial charge in [-0.2, -0.15) is 0 Å². The lowest BCUT2D eigenvalue weighted by atomic mass is 9.79. The average Bonchev–Trinajstić information content (AvgIpc) is 2.60. The second-order valence-corrected chi connectivity index (χ2v) is 9.26. The van der Waals surface area contributed by atoms with Crippen molar-refractivity contribution < 1.29 is 19.4 Å². The highest BCUT2D eigenvalue weighted by Crippen LogP contribution is 2.31. The maximum absolute atomic E-state index is 11.6. The van der Waals surface area contributed by atoms with E-state index in [9.17, 15) is 9.90 Å². The second-order valence-electron chi connectivity index (χ2n) is 9.26. The zero-order chi connectivity index (χ0) is 23.5. The van der Waals surface area contributed by atoms with E-state index in [1.165, 1.54) is 0 Å². The fourth-order valence-electron chi connectivity index (χ4n) is 1.79. The van der Waals surface area contributed by atoms with Gasteiger partial charge in [-0.15, -0.1) is 0 Å². The van der Waals surface area contributed by atoms with Crippen LogP contribution in [0.5, 0.6) is 0 Å². The van der Waals surface area contributed by atoms with E-state index in [-0.39, 0.29) is 17.6 Å². The average molecular weight is 412 g/mol. The Bertz CT molecular complexity index is 566. The smallest absolute Gasteiger partial charge is 0.408 e. The summed E-state index contributed by atoms with van der Waals surface area (Å²) in [5, 5.41) is 12.0. The number of ether oxygens (including phenoxy) is 2. The molecule has 1 amide bonds. The molecular formula is C24H45NO4. The molecule has 2 N–H and O–H groups in total. The summed E-state index contributed by atoms with van der Waals surface area (Å²) in [6.07, 6.45) is -0.526. The largest absolute Gasteiger partial charge is 0.444 e. The Morgan fingerprint density at radius 3 is 1.72 bits per heavy atom. The van der Waals surface area contributed by atoms with Gasteiger partial charge in [0.1, 0.15) is 5.60 Å². The van der Waals surface area contributed by atoms with Crippen molar-refractivity contribution in [2.24, 2.45) is 5.41 Å². The Hall–Kier alpha value is -1.59. The van der Waals surface area contributed by atoms with Crippen LogP contribution in [0.4, 0.5) is 4.79 Å². The minimum absolute atomic E-state index is 0.0208. The van der Waals surface area contributed by atoms with E-state index >= 15 is 0 Å². The van der Waals surface area contributed by atoms with Crippen molar-refractivity contribution in [3.8, 4) is 0 Å².